The number of rotatable bonds is 10. The number of nitrogens with zero attached hydrogens (tertiary/aromatic N) is 4. The number of ether oxygens (including phenoxy) is 1. The Morgan fingerprint density at radius 3 is 2.49 bits per heavy atom. The summed E-state index contributed by atoms with van der Waals surface area (Å²) in [7, 11) is 0.331. The summed E-state index contributed by atoms with van der Waals surface area (Å²) in [5.74, 6) is 0.980. The zero-order valence-corrected chi connectivity index (χ0v) is 21.7. The highest BCUT2D eigenvalue weighted by Gasteiger charge is 2.49. The number of hydrogen-bond acceptors (Lipinski definition) is 7. The maximum absolute atomic E-state index is 13.6. The van der Waals surface area contributed by atoms with Crippen molar-refractivity contribution in [2.75, 3.05) is 40.4 Å². The topological polar surface area (TPSA) is 108 Å². The van der Waals surface area contributed by atoms with Crippen molar-refractivity contribution < 1.29 is 22.5 Å². The second-order valence-corrected chi connectivity index (χ2v) is 12.5. The van der Waals surface area contributed by atoms with Gasteiger partial charge in [-0.3, -0.25) is 4.79 Å². The van der Waals surface area contributed by atoms with Crippen LogP contribution in [0.3, 0.4) is 0 Å². The van der Waals surface area contributed by atoms with Gasteiger partial charge in [-0.15, -0.1) is 0 Å². The molecule has 4 heterocycles. The van der Waals surface area contributed by atoms with Crippen molar-refractivity contribution in [1.82, 2.24) is 24.0 Å². The van der Waals surface area contributed by atoms with Crippen LogP contribution in [0, 0.1) is 0 Å². The number of aromatic nitrogens is 1. The molecule has 4 aliphatic rings. The molecular formula is C24H39N5O5S. The average Bonchev–Trinajstić information content (AvgIpc) is 3.50. The van der Waals surface area contributed by atoms with Gasteiger partial charge in [-0.05, 0) is 64.8 Å². The van der Waals surface area contributed by atoms with Crippen LogP contribution in [0.4, 0.5) is 0 Å². The minimum atomic E-state index is -3.51. The van der Waals surface area contributed by atoms with Crippen molar-refractivity contribution in [1.29, 1.82) is 0 Å². The van der Waals surface area contributed by atoms with E-state index in [1.165, 1.54) is 0 Å². The van der Waals surface area contributed by atoms with Gasteiger partial charge in [-0.25, -0.2) is 0 Å². The molecule has 0 spiro atoms. The lowest BCUT2D eigenvalue weighted by molar-refractivity contribution is 0.0896. The molecule has 196 valence electrons. The van der Waals surface area contributed by atoms with E-state index in [0.717, 1.165) is 63.9 Å². The number of carbonyl (C=O) groups excluding carboxylic acids is 1. The molecule has 4 fully saturated rings. The van der Waals surface area contributed by atoms with Crippen LogP contribution >= 0.6 is 0 Å². The fraction of sp³-hybridized carbons (Fsp3) is 0.833. The molecule has 10 nitrogen and oxygen atoms in total. The first-order valence-electron chi connectivity index (χ1n) is 13.1. The molecular weight excluding hydrogens is 470 g/mol. The molecule has 1 unspecified atom stereocenters. The molecule has 3 saturated heterocycles. The standard InChI is InChI=1S/C24H39N5O5S/c1-27(10-3-13-33-2)19-8-11-28(12-9-19)35(31,32)29-20-6-7-21(29)15-18(14-20)25-24(30)22-16-23(34-26-22)17-4-5-17/h16-21H,3-15H2,1-2H3,(H,25,30)/t18?,20-,21+. The van der Waals surface area contributed by atoms with Crippen LogP contribution in [0.1, 0.15) is 80.0 Å². The number of amides is 1. The van der Waals surface area contributed by atoms with Gasteiger partial charge in [0.1, 0.15) is 5.76 Å². The molecule has 1 aliphatic carbocycles. The van der Waals surface area contributed by atoms with Crippen molar-refractivity contribution in [3.63, 3.8) is 0 Å². The third-order valence-electron chi connectivity index (χ3n) is 8.24. The molecule has 1 N–H and O–H groups in total. The van der Waals surface area contributed by atoms with Gasteiger partial charge in [0.25, 0.3) is 16.1 Å². The van der Waals surface area contributed by atoms with E-state index in [0.29, 0.717) is 43.6 Å². The third kappa shape index (κ3) is 5.44. The van der Waals surface area contributed by atoms with Crippen LogP contribution in [0.15, 0.2) is 10.6 Å². The van der Waals surface area contributed by atoms with Gasteiger partial charge in [0.2, 0.25) is 0 Å². The number of carbonyl (C=O) groups is 1. The van der Waals surface area contributed by atoms with Crippen LogP contribution in [-0.4, -0.2) is 97.6 Å². The Balaban J connectivity index is 1.14. The molecule has 1 amide bonds. The van der Waals surface area contributed by atoms with Crippen molar-refractivity contribution in [3.05, 3.63) is 17.5 Å². The second-order valence-electron chi connectivity index (χ2n) is 10.7. The molecule has 2 bridgehead atoms. The highest BCUT2D eigenvalue weighted by atomic mass is 32.2. The largest absolute Gasteiger partial charge is 0.385 e. The Labute approximate surface area is 208 Å². The molecule has 0 aromatic carbocycles. The molecule has 5 rings (SSSR count). The average molecular weight is 510 g/mol. The molecule has 11 heteroatoms. The minimum absolute atomic E-state index is 0.0426. The van der Waals surface area contributed by atoms with E-state index in [1.54, 1.807) is 21.8 Å². The number of hydrogen-bond donors (Lipinski definition) is 1. The van der Waals surface area contributed by atoms with Gasteiger partial charge in [-0.2, -0.15) is 17.0 Å². The Morgan fingerprint density at radius 1 is 1.17 bits per heavy atom. The molecule has 1 saturated carbocycles. The molecule has 0 radical (unpaired) electrons. The summed E-state index contributed by atoms with van der Waals surface area (Å²) in [6, 6.07) is 2.00. The molecule has 1 aromatic heterocycles. The summed E-state index contributed by atoms with van der Waals surface area (Å²) >= 11 is 0. The first-order chi connectivity index (χ1) is 16.9. The minimum Gasteiger partial charge on any atom is -0.385 e. The zero-order chi connectivity index (χ0) is 24.6. The number of piperidine rings is 2. The monoisotopic (exact) mass is 509 g/mol. The van der Waals surface area contributed by atoms with Crippen molar-refractivity contribution in [2.24, 2.45) is 0 Å². The molecule has 3 atom stereocenters. The quantitative estimate of drug-likeness (QED) is 0.480. The van der Waals surface area contributed by atoms with Crippen molar-refractivity contribution in [3.8, 4) is 0 Å². The molecule has 3 aliphatic heterocycles. The summed E-state index contributed by atoms with van der Waals surface area (Å²) in [4.78, 5) is 15.0. The van der Waals surface area contributed by atoms with E-state index in [4.69, 9.17) is 9.26 Å². The summed E-state index contributed by atoms with van der Waals surface area (Å²) in [5.41, 5.74) is 0.323. The van der Waals surface area contributed by atoms with Gasteiger partial charge in [0.05, 0.1) is 0 Å². The van der Waals surface area contributed by atoms with Gasteiger partial charge in [-0.1, -0.05) is 5.16 Å². The summed E-state index contributed by atoms with van der Waals surface area (Å²) < 4.78 is 41.2. The Kier molecular flexibility index (Phi) is 7.50. The first-order valence-corrected chi connectivity index (χ1v) is 14.5. The maximum atomic E-state index is 13.6. The Bertz CT molecular complexity index is 974. The smallest absolute Gasteiger partial charge is 0.282 e. The predicted octanol–water partition coefficient (Wildman–Crippen LogP) is 1.95. The third-order valence-corrected chi connectivity index (χ3v) is 10.4. The zero-order valence-electron chi connectivity index (χ0n) is 20.9. The van der Waals surface area contributed by atoms with Gasteiger partial charge in [0, 0.05) is 69.5 Å². The highest BCUT2D eigenvalue weighted by molar-refractivity contribution is 7.86. The fourth-order valence-corrected chi connectivity index (χ4v) is 8.21. The van der Waals surface area contributed by atoms with E-state index >= 15 is 0 Å². The van der Waals surface area contributed by atoms with Gasteiger partial charge < -0.3 is 19.5 Å². The van der Waals surface area contributed by atoms with Crippen LogP contribution in [0.25, 0.3) is 0 Å². The lowest BCUT2D eigenvalue weighted by Gasteiger charge is -2.43. The number of nitrogens with one attached hydrogen (secondary N) is 1. The summed E-state index contributed by atoms with van der Waals surface area (Å²) in [5, 5.41) is 7.03. The second kappa shape index (κ2) is 10.5. The lowest BCUT2D eigenvalue weighted by Crippen LogP contribution is -2.57. The van der Waals surface area contributed by atoms with Gasteiger partial charge >= 0.3 is 0 Å². The number of fused-ring (bicyclic) bond motifs is 2. The van der Waals surface area contributed by atoms with E-state index in [9.17, 15) is 13.2 Å². The SMILES string of the molecule is COCCCN(C)C1CCN(S(=O)(=O)N2[C@@H]3CC[C@H]2CC(NC(=O)c2cc(C4CC4)on2)C3)CC1. The Morgan fingerprint density at radius 2 is 1.86 bits per heavy atom. The number of methoxy groups -OCH3 is 1. The molecule has 1 aromatic rings. The molecule has 35 heavy (non-hydrogen) atoms. The van der Waals surface area contributed by atoms with E-state index in [1.807, 2.05) is 0 Å². The highest BCUT2D eigenvalue weighted by Crippen LogP contribution is 2.41. The van der Waals surface area contributed by atoms with Crippen LogP contribution in [0.5, 0.6) is 0 Å². The summed E-state index contributed by atoms with van der Waals surface area (Å²) in [6.07, 6.45) is 7.87. The lowest BCUT2D eigenvalue weighted by atomic mass is 9.99. The fourth-order valence-electron chi connectivity index (χ4n) is 6.13. The normalized spacial score (nSPS) is 28.6. The van der Waals surface area contributed by atoms with Crippen molar-refractivity contribution in [2.45, 2.75) is 87.9 Å². The maximum Gasteiger partial charge on any atom is 0.282 e. The van der Waals surface area contributed by atoms with E-state index in [2.05, 4.69) is 22.4 Å². The first kappa shape index (κ1) is 25.1. The van der Waals surface area contributed by atoms with Crippen LogP contribution in [-0.2, 0) is 14.9 Å². The van der Waals surface area contributed by atoms with Crippen LogP contribution in [0.2, 0.25) is 0 Å². The Hall–Kier alpha value is -1.53. The van der Waals surface area contributed by atoms with Crippen molar-refractivity contribution >= 4 is 16.1 Å². The van der Waals surface area contributed by atoms with Crippen LogP contribution < -0.4 is 5.32 Å². The van der Waals surface area contributed by atoms with E-state index in [-0.39, 0.29) is 24.0 Å². The summed E-state index contributed by atoms with van der Waals surface area (Å²) in [6.45, 7) is 2.84. The predicted molar refractivity (Wildman–Crippen MR) is 130 cm³/mol. The van der Waals surface area contributed by atoms with Gasteiger partial charge in [0.15, 0.2) is 5.69 Å². The van der Waals surface area contributed by atoms with E-state index < -0.39 is 10.2 Å².